The summed E-state index contributed by atoms with van der Waals surface area (Å²) in [5, 5.41) is 3.43. The molecule has 1 heterocycles. The van der Waals surface area contributed by atoms with Gasteiger partial charge < -0.3 is 15.1 Å². The van der Waals surface area contributed by atoms with Gasteiger partial charge in [-0.1, -0.05) is 13.8 Å². The maximum Gasteiger partial charge on any atom is 0.193 e. The molecule has 1 unspecified atom stereocenters. The van der Waals surface area contributed by atoms with Gasteiger partial charge in [0.05, 0.1) is 10.5 Å². The predicted molar refractivity (Wildman–Crippen MR) is 113 cm³/mol. The quantitative estimate of drug-likeness (QED) is 0.373. The zero-order valence-electron chi connectivity index (χ0n) is 16.2. The third-order valence-electron chi connectivity index (χ3n) is 4.52. The molecule has 144 valence electrons. The maximum atomic E-state index is 12.1. The Bertz CT molecular complexity index is 518. The highest BCUT2D eigenvalue weighted by Gasteiger charge is 2.41. The molecule has 0 aromatic heterocycles. The highest BCUT2D eigenvalue weighted by molar-refractivity contribution is 14.0. The van der Waals surface area contributed by atoms with E-state index in [0.29, 0.717) is 25.0 Å². The van der Waals surface area contributed by atoms with Gasteiger partial charge in [0.15, 0.2) is 15.8 Å². The average molecular weight is 474 g/mol. The molecule has 0 spiro atoms. The van der Waals surface area contributed by atoms with Gasteiger partial charge in [-0.2, -0.15) is 0 Å². The van der Waals surface area contributed by atoms with Gasteiger partial charge in [0.1, 0.15) is 0 Å². The lowest BCUT2D eigenvalue weighted by Crippen LogP contribution is -2.58. The van der Waals surface area contributed by atoms with E-state index >= 15 is 0 Å². The SMILES string of the molecule is CN=C(NCC(CC(C)C)N(C)C)N1CCS(=O)(=O)C(C)(C)C1.I. The highest BCUT2D eigenvalue weighted by Crippen LogP contribution is 2.23. The largest absolute Gasteiger partial charge is 0.355 e. The highest BCUT2D eigenvalue weighted by atomic mass is 127. The lowest BCUT2D eigenvalue weighted by molar-refractivity contribution is 0.251. The van der Waals surface area contributed by atoms with Crippen LogP contribution < -0.4 is 5.32 Å². The van der Waals surface area contributed by atoms with Crippen LogP contribution >= 0.6 is 24.0 Å². The minimum absolute atomic E-state index is 0. The van der Waals surface area contributed by atoms with E-state index in [9.17, 15) is 8.42 Å². The zero-order valence-corrected chi connectivity index (χ0v) is 19.3. The fraction of sp³-hybridized carbons (Fsp3) is 0.938. The van der Waals surface area contributed by atoms with Crippen molar-refractivity contribution in [3.8, 4) is 0 Å². The molecule has 8 heteroatoms. The summed E-state index contributed by atoms with van der Waals surface area (Å²) in [4.78, 5) is 8.64. The Hall–Kier alpha value is -0.0900. The van der Waals surface area contributed by atoms with Crippen molar-refractivity contribution in [3.05, 3.63) is 0 Å². The molecule has 0 radical (unpaired) electrons. The minimum Gasteiger partial charge on any atom is -0.355 e. The number of guanidine groups is 1. The summed E-state index contributed by atoms with van der Waals surface area (Å²) in [6, 6.07) is 0.424. The molecule has 1 rings (SSSR count). The van der Waals surface area contributed by atoms with Crippen molar-refractivity contribution in [2.75, 3.05) is 46.5 Å². The van der Waals surface area contributed by atoms with Crippen molar-refractivity contribution < 1.29 is 8.42 Å². The molecule has 1 atom stereocenters. The monoisotopic (exact) mass is 474 g/mol. The van der Waals surface area contributed by atoms with Crippen LogP contribution in [0.15, 0.2) is 4.99 Å². The van der Waals surface area contributed by atoms with E-state index < -0.39 is 14.6 Å². The average Bonchev–Trinajstić information content (AvgIpc) is 2.41. The first-order chi connectivity index (χ1) is 10.5. The van der Waals surface area contributed by atoms with E-state index in [-0.39, 0.29) is 29.7 Å². The number of likely N-dealkylation sites (N-methyl/N-ethyl adjacent to an activating group) is 1. The van der Waals surface area contributed by atoms with Crippen molar-refractivity contribution in [1.82, 2.24) is 15.1 Å². The van der Waals surface area contributed by atoms with Crippen molar-refractivity contribution >= 4 is 39.8 Å². The first-order valence-electron chi connectivity index (χ1n) is 8.34. The summed E-state index contributed by atoms with van der Waals surface area (Å²) in [5.41, 5.74) is 0. The number of hydrogen-bond donors (Lipinski definition) is 1. The normalized spacial score (nSPS) is 21.5. The molecular formula is C16H35IN4O2S. The molecule has 1 fully saturated rings. The summed E-state index contributed by atoms with van der Waals surface area (Å²) in [7, 11) is 2.91. The van der Waals surface area contributed by atoms with E-state index in [1.807, 2.05) is 0 Å². The zero-order chi connectivity index (χ0) is 17.8. The first kappa shape index (κ1) is 23.9. The Morgan fingerprint density at radius 2 is 1.92 bits per heavy atom. The Labute approximate surface area is 165 Å². The summed E-state index contributed by atoms with van der Waals surface area (Å²) in [6.45, 7) is 9.83. The molecule has 0 amide bonds. The second kappa shape index (κ2) is 9.56. The third kappa shape index (κ3) is 6.33. The second-order valence-electron chi connectivity index (χ2n) is 7.68. The number of nitrogens with one attached hydrogen (secondary N) is 1. The Morgan fingerprint density at radius 3 is 2.33 bits per heavy atom. The van der Waals surface area contributed by atoms with Crippen LogP contribution in [0.4, 0.5) is 0 Å². The number of hydrogen-bond acceptors (Lipinski definition) is 4. The van der Waals surface area contributed by atoms with Crippen LogP contribution in [0.2, 0.25) is 0 Å². The van der Waals surface area contributed by atoms with E-state index in [2.05, 4.69) is 48.1 Å². The van der Waals surface area contributed by atoms with Crippen molar-refractivity contribution in [2.24, 2.45) is 10.9 Å². The van der Waals surface area contributed by atoms with Crippen molar-refractivity contribution in [2.45, 2.75) is 44.9 Å². The minimum atomic E-state index is -3.03. The third-order valence-corrected chi connectivity index (χ3v) is 7.06. The molecule has 0 aromatic carbocycles. The maximum absolute atomic E-state index is 12.1. The molecule has 6 nitrogen and oxygen atoms in total. The van der Waals surface area contributed by atoms with Gasteiger partial charge in [-0.25, -0.2) is 8.42 Å². The van der Waals surface area contributed by atoms with Gasteiger partial charge in [0.2, 0.25) is 0 Å². The summed E-state index contributed by atoms with van der Waals surface area (Å²) in [5.74, 6) is 1.61. The van der Waals surface area contributed by atoms with Crippen LogP contribution in [0.5, 0.6) is 0 Å². The molecule has 0 bridgehead atoms. The van der Waals surface area contributed by atoms with E-state index in [0.717, 1.165) is 18.9 Å². The van der Waals surface area contributed by atoms with Crippen LogP contribution in [-0.4, -0.2) is 81.5 Å². The molecule has 1 aliphatic heterocycles. The number of halogens is 1. The lowest BCUT2D eigenvalue weighted by Gasteiger charge is -2.39. The van der Waals surface area contributed by atoms with Gasteiger partial charge in [-0.15, -0.1) is 24.0 Å². The number of aliphatic imine (C=N–C) groups is 1. The summed E-state index contributed by atoms with van der Waals surface area (Å²) in [6.07, 6.45) is 1.11. The Kier molecular flexibility index (Phi) is 9.53. The molecular weight excluding hydrogens is 439 g/mol. The van der Waals surface area contributed by atoms with Gasteiger partial charge in [0.25, 0.3) is 0 Å². The van der Waals surface area contributed by atoms with E-state index in [4.69, 9.17) is 0 Å². The van der Waals surface area contributed by atoms with Crippen LogP contribution in [0.1, 0.15) is 34.1 Å². The van der Waals surface area contributed by atoms with E-state index in [1.165, 1.54) is 0 Å². The van der Waals surface area contributed by atoms with Gasteiger partial charge in [-0.3, -0.25) is 4.99 Å². The number of rotatable bonds is 5. The Balaban J connectivity index is 0.00000529. The van der Waals surface area contributed by atoms with Crippen LogP contribution in [0.3, 0.4) is 0 Å². The summed E-state index contributed by atoms with van der Waals surface area (Å²) < 4.78 is 23.6. The Morgan fingerprint density at radius 1 is 1.33 bits per heavy atom. The fourth-order valence-electron chi connectivity index (χ4n) is 2.89. The van der Waals surface area contributed by atoms with Crippen molar-refractivity contribution in [3.63, 3.8) is 0 Å². The molecule has 0 saturated carbocycles. The predicted octanol–water partition coefficient (Wildman–Crippen LogP) is 1.67. The smallest absolute Gasteiger partial charge is 0.193 e. The molecule has 1 aliphatic rings. The molecule has 0 aromatic rings. The van der Waals surface area contributed by atoms with Crippen molar-refractivity contribution in [1.29, 1.82) is 0 Å². The standard InChI is InChI=1S/C16H34N4O2S.HI/c1-13(2)10-14(19(6)7)11-18-15(17-5)20-8-9-23(21,22)16(3,4)12-20;/h13-14H,8-12H2,1-7H3,(H,17,18);1H. The van der Waals surface area contributed by atoms with Gasteiger partial charge >= 0.3 is 0 Å². The lowest BCUT2D eigenvalue weighted by atomic mass is 10.0. The molecule has 0 aliphatic carbocycles. The molecule has 24 heavy (non-hydrogen) atoms. The molecule has 1 N–H and O–H groups in total. The summed E-state index contributed by atoms with van der Waals surface area (Å²) >= 11 is 0. The van der Waals surface area contributed by atoms with Crippen LogP contribution in [-0.2, 0) is 9.84 Å². The van der Waals surface area contributed by atoms with Crippen LogP contribution in [0.25, 0.3) is 0 Å². The van der Waals surface area contributed by atoms with E-state index in [1.54, 1.807) is 20.9 Å². The van der Waals surface area contributed by atoms with Gasteiger partial charge in [-0.05, 0) is 40.3 Å². The molecule has 1 saturated heterocycles. The number of sulfone groups is 1. The van der Waals surface area contributed by atoms with Crippen LogP contribution in [0, 0.1) is 5.92 Å². The number of nitrogens with zero attached hydrogens (tertiary/aromatic N) is 3. The second-order valence-corrected chi connectivity index (χ2v) is 10.4. The topological polar surface area (TPSA) is 65.0 Å². The first-order valence-corrected chi connectivity index (χ1v) is 9.99. The van der Waals surface area contributed by atoms with Gasteiger partial charge in [0, 0.05) is 32.7 Å². The fourth-order valence-corrected chi connectivity index (χ4v) is 4.25.